The van der Waals surface area contributed by atoms with Crippen molar-refractivity contribution in [1.82, 2.24) is 9.13 Å². The maximum Gasteiger partial charge on any atom is 0.332 e. The molecular formula is C24H19F2N3O3. The van der Waals surface area contributed by atoms with Crippen molar-refractivity contribution in [2.45, 2.75) is 20.0 Å². The zero-order valence-electron chi connectivity index (χ0n) is 17.1. The normalized spacial score (nSPS) is 11.0. The number of nitrogens with zero attached hydrogens (tertiary/aromatic N) is 2. The monoisotopic (exact) mass is 435 g/mol. The van der Waals surface area contributed by atoms with E-state index in [1.54, 1.807) is 31.2 Å². The van der Waals surface area contributed by atoms with E-state index in [0.717, 1.165) is 4.57 Å². The van der Waals surface area contributed by atoms with Crippen LogP contribution < -0.4 is 16.6 Å². The van der Waals surface area contributed by atoms with Gasteiger partial charge in [0.25, 0.3) is 5.56 Å². The molecule has 4 rings (SSSR count). The first-order chi connectivity index (χ1) is 15.3. The first-order valence-electron chi connectivity index (χ1n) is 9.86. The largest absolute Gasteiger partial charge is 0.332 e. The van der Waals surface area contributed by atoms with Crippen LogP contribution in [0.15, 0.2) is 76.3 Å². The van der Waals surface area contributed by atoms with E-state index in [9.17, 15) is 23.2 Å². The van der Waals surface area contributed by atoms with E-state index in [-0.39, 0.29) is 18.5 Å². The molecule has 6 nitrogen and oxygen atoms in total. The second kappa shape index (κ2) is 8.58. The fraction of sp³-hybridized carbons (Fsp3) is 0.125. The van der Waals surface area contributed by atoms with Crippen molar-refractivity contribution >= 4 is 22.5 Å². The molecule has 0 bridgehead atoms. The Morgan fingerprint density at radius 1 is 0.906 bits per heavy atom. The van der Waals surface area contributed by atoms with Gasteiger partial charge in [-0.05, 0) is 54.4 Å². The van der Waals surface area contributed by atoms with E-state index < -0.39 is 28.8 Å². The molecular weight excluding hydrogens is 416 g/mol. The van der Waals surface area contributed by atoms with Gasteiger partial charge in [0, 0.05) is 5.69 Å². The van der Waals surface area contributed by atoms with Gasteiger partial charge in [0.1, 0.15) is 18.2 Å². The fourth-order valence-corrected chi connectivity index (χ4v) is 3.50. The highest BCUT2D eigenvalue weighted by Crippen LogP contribution is 2.16. The molecule has 0 fully saturated rings. The van der Waals surface area contributed by atoms with Crippen LogP contribution in [0, 0.1) is 18.6 Å². The maximum atomic E-state index is 13.6. The molecule has 8 heteroatoms. The van der Waals surface area contributed by atoms with E-state index in [0.29, 0.717) is 22.3 Å². The Hall–Kier alpha value is -4.07. The maximum absolute atomic E-state index is 13.6. The lowest BCUT2D eigenvalue weighted by Crippen LogP contribution is -2.42. The first kappa shape index (κ1) is 21.2. The number of carbonyl (C=O) groups excluding carboxylic acids is 1. The lowest BCUT2D eigenvalue weighted by atomic mass is 10.2. The van der Waals surface area contributed by atoms with Gasteiger partial charge in [-0.25, -0.2) is 13.6 Å². The van der Waals surface area contributed by atoms with Crippen molar-refractivity contribution < 1.29 is 13.6 Å². The number of aryl methyl sites for hydroxylation is 1. The summed E-state index contributed by atoms with van der Waals surface area (Å²) >= 11 is 0. The summed E-state index contributed by atoms with van der Waals surface area (Å²) in [5.74, 6) is -1.47. The third-order valence-corrected chi connectivity index (χ3v) is 5.16. The Morgan fingerprint density at radius 3 is 2.34 bits per heavy atom. The summed E-state index contributed by atoms with van der Waals surface area (Å²) < 4.78 is 29.0. The predicted octanol–water partition coefficient (Wildman–Crippen LogP) is 3.44. The van der Waals surface area contributed by atoms with E-state index >= 15 is 0 Å². The van der Waals surface area contributed by atoms with Crippen molar-refractivity contribution in [1.29, 1.82) is 0 Å². The summed E-state index contributed by atoms with van der Waals surface area (Å²) in [4.78, 5) is 38.9. The van der Waals surface area contributed by atoms with Gasteiger partial charge < -0.3 is 5.32 Å². The molecule has 0 saturated heterocycles. The third kappa shape index (κ3) is 4.20. The van der Waals surface area contributed by atoms with Gasteiger partial charge in [0.15, 0.2) is 0 Å². The molecule has 1 amide bonds. The number of nitrogens with one attached hydrogen (secondary N) is 1. The second-order valence-corrected chi connectivity index (χ2v) is 7.41. The molecule has 162 valence electrons. The molecule has 0 aliphatic heterocycles. The van der Waals surface area contributed by atoms with Crippen LogP contribution in [0.2, 0.25) is 0 Å². The number of fused-ring (bicyclic) bond motifs is 1. The number of benzene rings is 3. The molecule has 0 aliphatic rings. The number of para-hydroxylation sites is 1. The van der Waals surface area contributed by atoms with Crippen LogP contribution in [0.1, 0.15) is 11.1 Å². The standard InChI is InChI=1S/C24H19F2N3O3/c1-15-6-9-18(26)12-20(15)27-22(30)14-28-21-5-3-2-4-19(21)23(31)29(24(28)32)13-16-7-10-17(25)11-8-16/h2-12H,13-14H2,1H3,(H,27,30). The van der Waals surface area contributed by atoms with Crippen LogP contribution >= 0.6 is 0 Å². The fourth-order valence-electron chi connectivity index (χ4n) is 3.50. The van der Waals surface area contributed by atoms with Crippen molar-refractivity contribution in [3.05, 3.63) is 110 Å². The van der Waals surface area contributed by atoms with E-state index in [1.165, 1.54) is 47.0 Å². The summed E-state index contributed by atoms with van der Waals surface area (Å²) in [7, 11) is 0. The number of hydrogen-bond donors (Lipinski definition) is 1. The molecule has 0 radical (unpaired) electrons. The molecule has 0 saturated carbocycles. The van der Waals surface area contributed by atoms with Crippen LogP contribution in [0.5, 0.6) is 0 Å². The molecule has 0 atom stereocenters. The Morgan fingerprint density at radius 2 is 1.59 bits per heavy atom. The van der Waals surface area contributed by atoms with Crippen molar-refractivity contribution in [3.63, 3.8) is 0 Å². The molecule has 0 spiro atoms. The Bertz CT molecular complexity index is 1440. The van der Waals surface area contributed by atoms with Crippen LogP contribution in [0.4, 0.5) is 14.5 Å². The lowest BCUT2D eigenvalue weighted by molar-refractivity contribution is -0.116. The van der Waals surface area contributed by atoms with Gasteiger partial charge >= 0.3 is 5.69 Å². The van der Waals surface area contributed by atoms with Crippen LogP contribution in [-0.4, -0.2) is 15.0 Å². The Balaban J connectivity index is 1.75. The topological polar surface area (TPSA) is 73.1 Å². The number of anilines is 1. The highest BCUT2D eigenvalue weighted by atomic mass is 19.1. The van der Waals surface area contributed by atoms with Gasteiger partial charge in [-0.15, -0.1) is 0 Å². The Kier molecular flexibility index (Phi) is 5.68. The molecule has 1 heterocycles. The molecule has 3 aromatic carbocycles. The summed E-state index contributed by atoms with van der Waals surface area (Å²) in [5, 5.41) is 2.88. The molecule has 1 aromatic heterocycles. The minimum absolute atomic E-state index is 0.0760. The van der Waals surface area contributed by atoms with Gasteiger partial charge in [-0.3, -0.25) is 18.7 Å². The summed E-state index contributed by atoms with van der Waals surface area (Å²) in [6.07, 6.45) is 0. The zero-order chi connectivity index (χ0) is 22.8. The number of hydrogen-bond acceptors (Lipinski definition) is 3. The molecule has 4 aromatic rings. The minimum atomic E-state index is -0.677. The van der Waals surface area contributed by atoms with E-state index in [2.05, 4.69) is 5.32 Å². The third-order valence-electron chi connectivity index (χ3n) is 5.16. The van der Waals surface area contributed by atoms with E-state index in [1.807, 2.05) is 0 Å². The smallest absolute Gasteiger partial charge is 0.324 e. The van der Waals surface area contributed by atoms with E-state index in [4.69, 9.17) is 0 Å². The van der Waals surface area contributed by atoms with Gasteiger partial charge in [-0.2, -0.15) is 0 Å². The van der Waals surface area contributed by atoms with Crippen LogP contribution in [-0.2, 0) is 17.9 Å². The van der Waals surface area contributed by atoms with Crippen LogP contribution in [0.3, 0.4) is 0 Å². The quantitative estimate of drug-likeness (QED) is 0.522. The van der Waals surface area contributed by atoms with Crippen molar-refractivity contribution in [2.75, 3.05) is 5.32 Å². The summed E-state index contributed by atoms with van der Waals surface area (Å²) in [5.41, 5.74) is 0.651. The van der Waals surface area contributed by atoms with Gasteiger partial charge in [-0.1, -0.05) is 30.3 Å². The van der Waals surface area contributed by atoms with Gasteiger partial charge in [0.05, 0.1) is 17.4 Å². The highest BCUT2D eigenvalue weighted by molar-refractivity contribution is 5.92. The second-order valence-electron chi connectivity index (χ2n) is 7.41. The zero-order valence-corrected chi connectivity index (χ0v) is 17.1. The average Bonchev–Trinajstić information content (AvgIpc) is 2.78. The average molecular weight is 435 g/mol. The lowest BCUT2D eigenvalue weighted by Gasteiger charge is -2.15. The molecule has 0 aliphatic carbocycles. The summed E-state index contributed by atoms with van der Waals surface area (Å²) in [6, 6.07) is 16.0. The molecule has 1 N–H and O–H groups in total. The number of aromatic nitrogens is 2. The van der Waals surface area contributed by atoms with Crippen molar-refractivity contribution in [3.8, 4) is 0 Å². The molecule has 32 heavy (non-hydrogen) atoms. The SMILES string of the molecule is Cc1ccc(F)cc1NC(=O)Cn1c(=O)n(Cc2ccc(F)cc2)c(=O)c2ccccc21. The Labute approximate surface area is 181 Å². The van der Waals surface area contributed by atoms with Gasteiger partial charge in [0.2, 0.25) is 5.91 Å². The molecule has 0 unspecified atom stereocenters. The predicted molar refractivity (Wildman–Crippen MR) is 118 cm³/mol. The van der Waals surface area contributed by atoms with Crippen LogP contribution in [0.25, 0.3) is 10.9 Å². The first-order valence-corrected chi connectivity index (χ1v) is 9.86. The number of carbonyl (C=O) groups is 1. The minimum Gasteiger partial charge on any atom is -0.324 e. The van der Waals surface area contributed by atoms with Crippen molar-refractivity contribution in [2.24, 2.45) is 0 Å². The number of amides is 1. The number of halogens is 2. The number of rotatable bonds is 5. The highest BCUT2D eigenvalue weighted by Gasteiger charge is 2.16. The summed E-state index contributed by atoms with van der Waals surface area (Å²) in [6.45, 7) is 1.27.